The molecule has 0 spiro atoms. The molecule has 1 aliphatic rings. The molecule has 2 aromatic carbocycles. The molecule has 0 fully saturated rings. The Hall–Kier alpha value is -3.32. The van der Waals surface area contributed by atoms with Gasteiger partial charge >= 0.3 is 6.03 Å². The Morgan fingerprint density at radius 2 is 1.88 bits per heavy atom. The van der Waals surface area contributed by atoms with Gasteiger partial charge in [0.2, 0.25) is 5.91 Å². The summed E-state index contributed by atoms with van der Waals surface area (Å²) >= 11 is 0. The molecule has 3 amide bonds. The molecule has 32 heavy (non-hydrogen) atoms. The molecule has 0 unspecified atom stereocenters. The Labute approximate surface area is 189 Å². The number of amides is 3. The summed E-state index contributed by atoms with van der Waals surface area (Å²) in [5.41, 5.74) is 4.37. The largest absolute Gasteiger partial charge is 0.346 e. The number of nitrogens with zero attached hydrogens (tertiary/aromatic N) is 3. The van der Waals surface area contributed by atoms with Crippen LogP contribution >= 0.6 is 0 Å². The summed E-state index contributed by atoms with van der Waals surface area (Å²) in [6.07, 6.45) is 3.17. The van der Waals surface area contributed by atoms with Crippen LogP contribution < -0.4 is 10.6 Å². The third-order valence-electron chi connectivity index (χ3n) is 5.89. The second-order valence-corrected chi connectivity index (χ2v) is 8.56. The number of likely N-dealkylation sites (N-methyl/N-ethyl adjacent to an activating group) is 1. The van der Waals surface area contributed by atoms with Crippen molar-refractivity contribution < 1.29 is 9.59 Å². The number of rotatable bonds is 7. The van der Waals surface area contributed by atoms with Crippen molar-refractivity contribution in [3.05, 3.63) is 65.9 Å². The third-order valence-corrected chi connectivity index (χ3v) is 5.89. The topological polar surface area (TPSA) is 69.6 Å². The zero-order valence-electron chi connectivity index (χ0n) is 18.8. The van der Waals surface area contributed by atoms with Crippen LogP contribution in [0.4, 0.5) is 10.5 Å². The number of hydrogen-bond donors (Lipinski definition) is 2. The standard InChI is InChI=1S/C25H31N5O2/c1-28(2)15-16-29-13-11-20-7-8-22(17-23(20)29)27-24(31)9-12-26-25(32)30-14-10-19-5-3-4-6-21(19)18-30/h3-8,11,13,17H,9-10,12,14-16,18H2,1-2H3,(H,26,32)(H,27,31). The lowest BCUT2D eigenvalue weighted by atomic mass is 10.0. The van der Waals surface area contributed by atoms with Gasteiger partial charge in [0.15, 0.2) is 0 Å². The highest BCUT2D eigenvalue weighted by Crippen LogP contribution is 2.21. The van der Waals surface area contributed by atoms with Gasteiger partial charge in [-0.25, -0.2) is 4.79 Å². The Morgan fingerprint density at radius 1 is 1.06 bits per heavy atom. The Morgan fingerprint density at radius 3 is 2.69 bits per heavy atom. The molecule has 0 atom stereocenters. The van der Waals surface area contributed by atoms with Crippen molar-refractivity contribution >= 4 is 28.5 Å². The van der Waals surface area contributed by atoms with E-state index in [-0.39, 0.29) is 18.4 Å². The van der Waals surface area contributed by atoms with Crippen LogP contribution in [-0.2, 0) is 24.3 Å². The van der Waals surface area contributed by atoms with E-state index in [0.717, 1.165) is 36.1 Å². The van der Waals surface area contributed by atoms with Crippen LogP contribution in [0.5, 0.6) is 0 Å². The van der Waals surface area contributed by atoms with Crippen LogP contribution in [0.1, 0.15) is 17.5 Å². The number of urea groups is 1. The minimum absolute atomic E-state index is 0.111. The Kier molecular flexibility index (Phi) is 6.75. The van der Waals surface area contributed by atoms with Crippen molar-refractivity contribution in [1.82, 2.24) is 19.7 Å². The van der Waals surface area contributed by atoms with Gasteiger partial charge in [0.05, 0.1) is 5.52 Å². The van der Waals surface area contributed by atoms with E-state index in [2.05, 4.69) is 58.6 Å². The predicted octanol–water partition coefficient (Wildman–Crippen LogP) is 3.30. The first-order chi connectivity index (χ1) is 15.5. The molecule has 2 heterocycles. The van der Waals surface area contributed by atoms with Crippen molar-refractivity contribution in [2.24, 2.45) is 0 Å². The van der Waals surface area contributed by atoms with Gasteiger partial charge in [-0.05, 0) is 55.2 Å². The second-order valence-electron chi connectivity index (χ2n) is 8.56. The molecular formula is C25H31N5O2. The third kappa shape index (κ3) is 5.29. The lowest BCUT2D eigenvalue weighted by Crippen LogP contribution is -2.43. The second kappa shape index (κ2) is 9.87. The van der Waals surface area contributed by atoms with Crippen molar-refractivity contribution in [1.29, 1.82) is 0 Å². The maximum atomic E-state index is 12.5. The molecule has 0 radical (unpaired) electrons. The number of aromatic nitrogens is 1. The average molecular weight is 434 g/mol. The van der Waals surface area contributed by atoms with Gasteiger partial charge in [-0.3, -0.25) is 4.79 Å². The van der Waals surface area contributed by atoms with Gasteiger partial charge in [-0.2, -0.15) is 0 Å². The van der Waals surface area contributed by atoms with Crippen molar-refractivity contribution in [2.45, 2.75) is 25.9 Å². The fourth-order valence-electron chi connectivity index (χ4n) is 4.05. The molecule has 0 aliphatic carbocycles. The molecule has 7 heteroatoms. The van der Waals surface area contributed by atoms with Crippen LogP contribution in [0.2, 0.25) is 0 Å². The number of fused-ring (bicyclic) bond motifs is 2. The van der Waals surface area contributed by atoms with Gasteiger partial charge in [0.25, 0.3) is 0 Å². The van der Waals surface area contributed by atoms with Crippen LogP contribution in [-0.4, -0.2) is 60.0 Å². The molecular weight excluding hydrogens is 402 g/mol. The maximum Gasteiger partial charge on any atom is 0.317 e. The van der Waals surface area contributed by atoms with E-state index in [1.54, 1.807) is 4.90 Å². The predicted molar refractivity (Wildman–Crippen MR) is 128 cm³/mol. The Balaban J connectivity index is 1.26. The van der Waals surface area contributed by atoms with Gasteiger partial charge in [-0.1, -0.05) is 30.3 Å². The molecule has 0 saturated carbocycles. The van der Waals surface area contributed by atoms with Crippen molar-refractivity contribution in [2.75, 3.05) is 39.0 Å². The Bertz CT molecular complexity index is 1100. The van der Waals surface area contributed by atoms with Crippen molar-refractivity contribution in [3.8, 4) is 0 Å². The molecule has 7 nitrogen and oxygen atoms in total. The lowest BCUT2D eigenvalue weighted by Gasteiger charge is -2.28. The summed E-state index contributed by atoms with van der Waals surface area (Å²) in [7, 11) is 4.11. The number of anilines is 1. The highest BCUT2D eigenvalue weighted by atomic mass is 16.2. The van der Waals surface area contributed by atoms with Gasteiger partial charge in [-0.15, -0.1) is 0 Å². The summed E-state index contributed by atoms with van der Waals surface area (Å²) < 4.78 is 2.20. The molecule has 0 bridgehead atoms. The SMILES string of the molecule is CN(C)CCn1ccc2ccc(NC(=O)CCNC(=O)N3CCc4ccccc4C3)cc21. The molecule has 4 rings (SSSR count). The fourth-order valence-corrected chi connectivity index (χ4v) is 4.05. The van der Waals surface area contributed by atoms with Crippen LogP contribution in [0.3, 0.4) is 0 Å². The van der Waals surface area contributed by atoms with Gasteiger partial charge in [0, 0.05) is 51.0 Å². The van der Waals surface area contributed by atoms with E-state index in [4.69, 9.17) is 0 Å². The van der Waals surface area contributed by atoms with Crippen molar-refractivity contribution in [3.63, 3.8) is 0 Å². The lowest BCUT2D eigenvalue weighted by molar-refractivity contribution is -0.116. The van der Waals surface area contributed by atoms with Crippen LogP contribution in [0.15, 0.2) is 54.7 Å². The summed E-state index contributed by atoms with van der Waals surface area (Å²) in [4.78, 5) is 28.9. The van der Waals surface area contributed by atoms with E-state index >= 15 is 0 Å². The highest BCUT2D eigenvalue weighted by Gasteiger charge is 2.20. The van der Waals surface area contributed by atoms with E-state index < -0.39 is 0 Å². The van der Waals surface area contributed by atoms with E-state index in [9.17, 15) is 9.59 Å². The van der Waals surface area contributed by atoms with E-state index in [1.165, 1.54) is 11.1 Å². The minimum Gasteiger partial charge on any atom is -0.346 e. The average Bonchev–Trinajstić information content (AvgIpc) is 3.19. The molecule has 1 aliphatic heterocycles. The minimum atomic E-state index is -0.118. The zero-order chi connectivity index (χ0) is 22.5. The number of carbonyl (C=O) groups excluding carboxylic acids is 2. The zero-order valence-corrected chi connectivity index (χ0v) is 18.8. The monoisotopic (exact) mass is 433 g/mol. The number of benzene rings is 2. The summed E-state index contributed by atoms with van der Waals surface area (Å²) in [5.74, 6) is -0.111. The fraction of sp³-hybridized carbons (Fsp3) is 0.360. The first-order valence-electron chi connectivity index (χ1n) is 11.1. The first kappa shape index (κ1) is 21.9. The number of nitrogens with one attached hydrogen (secondary N) is 2. The van der Waals surface area contributed by atoms with E-state index in [0.29, 0.717) is 19.6 Å². The van der Waals surface area contributed by atoms with Crippen LogP contribution in [0.25, 0.3) is 10.9 Å². The van der Waals surface area contributed by atoms with Gasteiger partial charge < -0.3 is 25.0 Å². The normalized spacial score (nSPS) is 13.3. The molecule has 168 valence electrons. The smallest absolute Gasteiger partial charge is 0.317 e. The number of hydrogen-bond acceptors (Lipinski definition) is 3. The maximum absolute atomic E-state index is 12.5. The molecule has 2 N–H and O–H groups in total. The summed E-state index contributed by atoms with van der Waals surface area (Å²) in [5, 5.41) is 6.98. The first-order valence-corrected chi connectivity index (χ1v) is 11.1. The molecule has 3 aromatic rings. The van der Waals surface area contributed by atoms with E-state index in [1.807, 2.05) is 30.3 Å². The summed E-state index contributed by atoms with van der Waals surface area (Å²) in [6, 6.07) is 16.1. The number of carbonyl (C=O) groups is 2. The molecule has 1 aromatic heterocycles. The highest BCUT2D eigenvalue weighted by molar-refractivity contribution is 5.94. The summed E-state index contributed by atoms with van der Waals surface area (Å²) in [6.45, 7) is 3.46. The van der Waals surface area contributed by atoms with Gasteiger partial charge in [0.1, 0.15) is 0 Å². The molecule has 0 saturated heterocycles. The quantitative estimate of drug-likeness (QED) is 0.601. The van der Waals surface area contributed by atoms with Crippen LogP contribution in [0, 0.1) is 0 Å².